The molecule has 0 aliphatic heterocycles. The zero-order valence-corrected chi connectivity index (χ0v) is 15.7. The highest BCUT2D eigenvalue weighted by Crippen LogP contribution is 2.25. The molecule has 2 N–H and O–H groups in total. The summed E-state index contributed by atoms with van der Waals surface area (Å²) in [6.45, 7) is 4.20. The fourth-order valence-electron chi connectivity index (χ4n) is 2.77. The molecule has 0 saturated carbocycles. The number of benzene rings is 2. The lowest BCUT2D eigenvalue weighted by atomic mass is 10.0. The maximum absolute atomic E-state index is 12.7. The molecule has 0 radical (unpaired) electrons. The van der Waals surface area contributed by atoms with Gasteiger partial charge in [-0.2, -0.15) is 0 Å². The maximum atomic E-state index is 12.7. The molecular weight excluding hydrogens is 338 g/mol. The summed E-state index contributed by atoms with van der Waals surface area (Å²) in [5, 5.41) is 6.24. The zero-order chi connectivity index (χ0) is 19.2. The summed E-state index contributed by atoms with van der Waals surface area (Å²) in [4.78, 5) is 16.9. The number of ether oxygens (including phenoxy) is 1. The van der Waals surface area contributed by atoms with E-state index in [1.807, 2.05) is 54.6 Å². The van der Waals surface area contributed by atoms with E-state index in [-0.39, 0.29) is 5.91 Å². The van der Waals surface area contributed by atoms with Crippen molar-refractivity contribution in [2.75, 3.05) is 17.7 Å². The number of amides is 1. The number of pyridine rings is 1. The Morgan fingerprint density at radius 3 is 2.44 bits per heavy atom. The Labute approximate surface area is 159 Å². The molecule has 0 unspecified atom stereocenters. The van der Waals surface area contributed by atoms with E-state index in [4.69, 9.17) is 4.74 Å². The minimum absolute atomic E-state index is 0.235. The van der Waals surface area contributed by atoms with Crippen LogP contribution in [0.4, 0.5) is 17.1 Å². The smallest absolute Gasteiger partial charge is 0.274 e. The quantitative estimate of drug-likeness (QED) is 0.633. The summed E-state index contributed by atoms with van der Waals surface area (Å²) < 4.78 is 5.16. The van der Waals surface area contributed by atoms with E-state index in [2.05, 4.69) is 29.5 Å². The first-order valence-corrected chi connectivity index (χ1v) is 8.84. The summed E-state index contributed by atoms with van der Waals surface area (Å²) >= 11 is 0. The van der Waals surface area contributed by atoms with Crippen molar-refractivity contribution >= 4 is 23.0 Å². The van der Waals surface area contributed by atoms with Crippen molar-refractivity contribution < 1.29 is 9.53 Å². The van der Waals surface area contributed by atoms with Crippen LogP contribution in [-0.4, -0.2) is 18.0 Å². The van der Waals surface area contributed by atoms with Crippen LogP contribution in [0.2, 0.25) is 0 Å². The number of hydrogen-bond acceptors (Lipinski definition) is 4. The van der Waals surface area contributed by atoms with Crippen LogP contribution < -0.4 is 15.4 Å². The topological polar surface area (TPSA) is 63.2 Å². The van der Waals surface area contributed by atoms with Gasteiger partial charge in [-0.1, -0.05) is 32.0 Å². The molecule has 0 atom stereocenters. The van der Waals surface area contributed by atoms with Crippen LogP contribution >= 0.6 is 0 Å². The Bertz CT molecular complexity index is 921. The molecular formula is C22H23N3O2. The largest absolute Gasteiger partial charge is 0.497 e. The SMILES string of the molecule is COc1ccc(Nc2ccnc(C(=O)Nc3ccccc3C(C)C)c2)cc1. The molecule has 5 heteroatoms. The molecule has 0 aliphatic carbocycles. The number of carbonyl (C=O) groups excluding carboxylic acids is 1. The molecule has 3 rings (SSSR count). The third kappa shape index (κ3) is 4.64. The highest BCUT2D eigenvalue weighted by molar-refractivity contribution is 6.03. The van der Waals surface area contributed by atoms with Crippen molar-refractivity contribution in [3.8, 4) is 5.75 Å². The third-order valence-corrected chi connectivity index (χ3v) is 4.20. The predicted molar refractivity (Wildman–Crippen MR) is 109 cm³/mol. The normalized spacial score (nSPS) is 10.5. The molecule has 2 aromatic carbocycles. The number of aromatic nitrogens is 1. The van der Waals surface area contributed by atoms with Crippen LogP contribution in [0, 0.1) is 0 Å². The Morgan fingerprint density at radius 1 is 1.00 bits per heavy atom. The number of methoxy groups -OCH3 is 1. The highest BCUT2D eigenvalue weighted by atomic mass is 16.5. The Hall–Kier alpha value is -3.34. The standard InChI is InChI=1S/C22H23N3O2/c1-15(2)19-6-4-5-7-20(19)25-22(26)21-14-17(12-13-23-21)24-16-8-10-18(27-3)11-9-16/h4-15H,1-3H3,(H,23,24)(H,25,26). The lowest BCUT2D eigenvalue weighted by molar-refractivity contribution is 0.102. The molecule has 138 valence electrons. The molecule has 27 heavy (non-hydrogen) atoms. The molecule has 1 amide bonds. The summed E-state index contributed by atoms with van der Waals surface area (Å²) in [5.41, 5.74) is 3.95. The number of anilines is 3. The minimum Gasteiger partial charge on any atom is -0.497 e. The van der Waals surface area contributed by atoms with Crippen LogP contribution in [0.1, 0.15) is 35.8 Å². The van der Waals surface area contributed by atoms with E-state index >= 15 is 0 Å². The molecule has 1 heterocycles. The fourth-order valence-corrected chi connectivity index (χ4v) is 2.77. The van der Waals surface area contributed by atoms with Crippen molar-refractivity contribution in [3.63, 3.8) is 0 Å². The highest BCUT2D eigenvalue weighted by Gasteiger charge is 2.12. The third-order valence-electron chi connectivity index (χ3n) is 4.20. The zero-order valence-electron chi connectivity index (χ0n) is 15.7. The molecule has 3 aromatic rings. The van der Waals surface area contributed by atoms with E-state index in [9.17, 15) is 4.79 Å². The first kappa shape index (κ1) is 18.5. The van der Waals surface area contributed by atoms with Crippen molar-refractivity contribution in [1.82, 2.24) is 4.98 Å². The van der Waals surface area contributed by atoms with Crippen molar-refractivity contribution in [2.45, 2.75) is 19.8 Å². The second kappa shape index (κ2) is 8.36. The lowest BCUT2D eigenvalue weighted by Gasteiger charge is -2.14. The van der Waals surface area contributed by atoms with E-state index < -0.39 is 0 Å². The second-order valence-electron chi connectivity index (χ2n) is 6.48. The first-order chi connectivity index (χ1) is 13.1. The van der Waals surface area contributed by atoms with Gasteiger partial charge in [-0.25, -0.2) is 0 Å². The summed E-state index contributed by atoms with van der Waals surface area (Å²) in [7, 11) is 1.63. The Morgan fingerprint density at radius 2 is 1.74 bits per heavy atom. The van der Waals surface area contributed by atoms with E-state index in [1.165, 1.54) is 0 Å². The number of nitrogens with zero attached hydrogens (tertiary/aromatic N) is 1. The second-order valence-corrected chi connectivity index (χ2v) is 6.48. The van der Waals surface area contributed by atoms with Crippen LogP contribution in [0.25, 0.3) is 0 Å². The average Bonchev–Trinajstić information content (AvgIpc) is 2.69. The average molecular weight is 361 g/mol. The number of rotatable bonds is 6. The van der Waals surface area contributed by atoms with Gasteiger partial charge in [0, 0.05) is 23.3 Å². The minimum atomic E-state index is -0.235. The number of para-hydroxylation sites is 1. The number of carbonyl (C=O) groups is 1. The van der Waals surface area contributed by atoms with Gasteiger partial charge in [0.25, 0.3) is 5.91 Å². The van der Waals surface area contributed by atoms with Gasteiger partial charge in [0.15, 0.2) is 0 Å². The number of nitrogens with one attached hydrogen (secondary N) is 2. The van der Waals surface area contributed by atoms with Gasteiger partial charge in [-0.05, 0) is 53.9 Å². The van der Waals surface area contributed by atoms with Crippen molar-refractivity contribution in [3.05, 3.63) is 78.1 Å². The van der Waals surface area contributed by atoms with Gasteiger partial charge in [-0.15, -0.1) is 0 Å². The van der Waals surface area contributed by atoms with E-state index in [0.29, 0.717) is 11.6 Å². The van der Waals surface area contributed by atoms with Gasteiger partial charge in [0.2, 0.25) is 0 Å². The van der Waals surface area contributed by atoms with Gasteiger partial charge < -0.3 is 15.4 Å². The Balaban J connectivity index is 1.75. The van der Waals surface area contributed by atoms with Gasteiger partial charge in [-0.3, -0.25) is 9.78 Å². The predicted octanol–water partition coefficient (Wildman–Crippen LogP) is 5.21. The van der Waals surface area contributed by atoms with Crippen LogP contribution in [-0.2, 0) is 0 Å². The Kier molecular flexibility index (Phi) is 5.71. The summed E-state index contributed by atoms with van der Waals surface area (Å²) in [6.07, 6.45) is 1.62. The van der Waals surface area contributed by atoms with Crippen LogP contribution in [0.3, 0.4) is 0 Å². The molecule has 1 aromatic heterocycles. The van der Waals surface area contributed by atoms with Gasteiger partial charge in [0.05, 0.1) is 7.11 Å². The monoisotopic (exact) mass is 361 g/mol. The van der Waals surface area contributed by atoms with Crippen molar-refractivity contribution in [2.24, 2.45) is 0 Å². The lowest BCUT2D eigenvalue weighted by Crippen LogP contribution is -2.15. The van der Waals surface area contributed by atoms with Gasteiger partial charge >= 0.3 is 0 Å². The first-order valence-electron chi connectivity index (χ1n) is 8.84. The van der Waals surface area contributed by atoms with Crippen LogP contribution in [0.15, 0.2) is 66.9 Å². The van der Waals surface area contributed by atoms with Gasteiger partial charge in [0.1, 0.15) is 11.4 Å². The molecule has 0 saturated heterocycles. The fraction of sp³-hybridized carbons (Fsp3) is 0.182. The van der Waals surface area contributed by atoms with E-state index in [1.54, 1.807) is 19.4 Å². The summed E-state index contributed by atoms with van der Waals surface area (Å²) in [5.74, 6) is 0.873. The van der Waals surface area contributed by atoms with Crippen LogP contribution in [0.5, 0.6) is 5.75 Å². The molecule has 0 aliphatic rings. The van der Waals surface area contributed by atoms with Crippen molar-refractivity contribution in [1.29, 1.82) is 0 Å². The molecule has 0 bridgehead atoms. The molecule has 5 nitrogen and oxygen atoms in total. The molecule has 0 fully saturated rings. The maximum Gasteiger partial charge on any atom is 0.274 e. The summed E-state index contributed by atoms with van der Waals surface area (Å²) in [6, 6.07) is 19.0. The van der Waals surface area contributed by atoms with E-state index in [0.717, 1.165) is 28.4 Å². The number of hydrogen-bond donors (Lipinski definition) is 2. The molecule has 0 spiro atoms.